The third kappa shape index (κ3) is 2.42. The van der Waals surface area contributed by atoms with E-state index in [2.05, 4.69) is 32.4 Å². The number of hydrogen-bond donors (Lipinski definition) is 1. The van der Waals surface area contributed by atoms with Crippen LogP contribution in [0.3, 0.4) is 0 Å². The fourth-order valence-corrected chi connectivity index (χ4v) is 2.98. The van der Waals surface area contributed by atoms with Crippen molar-refractivity contribution in [2.24, 2.45) is 0 Å². The third-order valence-electron chi connectivity index (χ3n) is 3.04. The lowest BCUT2D eigenvalue weighted by molar-refractivity contribution is 0.178. The van der Waals surface area contributed by atoms with E-state index >= 15 is 0 Å². The van der Waals surface area contributed by atoms with Gasteiger partial charge in [-0.15, -0.1) is 11.3 Å². The highest BCUT2D eigenvalue weighted by Gasteiger charge is 2.15. The number of fused-ring (bicyclic) bond motifs is 1. The highest BCUT2D eigenvalue weighted by molar-refractivity contribution is 7.16. The maximum absolute atomic E-state index is 6.13. The molecule has 18 heavy (non-hydrogen) atoms. The van der Waals surface area contributed by atoms with Crippen LogP contribution in [0, 0.1) is 0 Å². The van der Waals surface area contributed by atoms with Crippen LogP contribution >= 0.6 is 22.9 Å². The number of aromatic nitrogens is 2. The van der Waals surface area contributed by atoms with Crippen molar-refractivity contribution in [3.8, 4) is 0 Å². The summed E-state index contributed by atoms with van der Waals surface area (Å²) in [6.45, 7) is 4.00. The Balaban J connectivity index is 1.78. The van der Waals surface area contributed by atoms with Crippen molar-refractivity contribution in [1.29, 1.82) is 0 Å². The zero-order valence-electron chi connectivity index (χ0n) is 10.1. The molecule has 1 aliphatic heterocycles. The third-order valence-corrected chi connectivity index (χ3v) is 4.13. The van der Waals surface area contributed by atoms with Crippen LogP contribution in [0.25, 0.3) is 10.2 Å². The molecule has 1 aliphatic rings. The van der Waals surface area contributed by atoms with Gasteiger partial charge in [-0.05, 0) is 18.5 Å². The first-order valence-corrected chi connectivity index (χ1v) is 7.09. The van der Waals surface area contributed by atoms with Crippen molar-refractivity contribution >= 4 is 39.1 Å². The Morgan fingerprint density at radius 3 is 2.83 bits per heavy atom. The summed E-state index contributed by atoms with van der Waals surface area (Å²) in [6, 6.07) is 1.95. The van der Waals surface area contributed by atoms with Gasteiger partial charge in [0.1, 0.15) is 9.98 Å². The second-order valence-electron chi connectivity index (χ2n) is 4.38. The first-order chi connectivity index (χ1) is 8.72. The van der Waals surface area contributed by atoms with E-state index in [0.29, 0.717) is 11.1 Å². The van der Waals surface area contributed by atoms with Gasteiger partial charge in [-0.1, -0.05) is 11.6 Å². The highest BCUT2D eigenvalue weighted by Crippen LogP contribution is 2.26. The van der Waals surface area contributed by atoms with E-state index in [-0.39, 0.29) is 0 Å². The number of anilines is 1. The SMILES string of the molecule is CN1CCN(Nc2nc(Cl)c3ccsc3n2)CC1. The molecular formula is C11H14ClN5S. The molecule has 96 valence electrons. The molecule has 0 spiro atoms. The number of thiophene rings is 1. The van der Waals surface area contributed by atoms with Gasteiger partial charge in [0.25, 0.3) is 0 Å². The van der Waals surface area contributed by atoms with Gasteiger partial charge >= 0.3 is 0 Å². The van der Waals surface area contributed by atoms with Crippen molar-refractivity contribution in [2.45, 2.75) is 0 Å². The second kappa shape index (κ2) is 4.97. The molecule has 5 nitrogen and oxygen atoms in total. The Bertz CT molecular complexity index is 549. The number of hydrazine groups is 1. The Morgan fingerprint density at radius 1 is 1.28 bits per heavy atom. The maximum atomic E-state index is 6.13. The van der Waals surface area contributed by atoms with Gasteiger partial charge in [0.05, 0.1) is 0 Å². The van der Waals surface area contributed by atoms with Crippen LogP contribution < -0.4 is 5.43 Å². The fourth-order valence-electron chi connectivity index (χ4n) is 1.93. The summed E-state index contributed by atoms with van der Waals surface area (Å²) in [5.74, 6) is 0.583. The van der Waals surface area contributed by atoms with E-state index in [1.807, 2.05) is 11.4 Å². The topological polar surface area (TPSA) is 44.3 Å². The average molecular weight is 284 g/mol. The molecule has 0 atom stereocenters. The molecule has 2 aromatic heterocycles. The van der Waals surface area contributed by atoms with Crippen molar-refractivity contribution in [1.82, 2.24) is 19.9 Å². The smallest absolute Gasteiger partial charge is 0.240 e. The predicted octanol–water partition coefficient (Wildman–Crippen LogP) is 1.92. The number of likely N-dealkylation sites (N-methyl/N-ethyl adjacent to an activating group) is 1. The van der Waals surface area contributed by atoms with E-state index in [9.17, 15) is 0 Å². The molecule has 0 amide bonds. The van der Waals surface area contributed by atoms with Crippen molar-refractivity contribution in [3.05, 3.63) is 16.6 Å². The fraction of sp³-hybridized carbons (Fsp3) is 0.455. The van der Waals surface area contributed by atoms with Gasteiger partial charge in [0.2, 0.25) is 5.95 Å². The number of rotatable bonds is 2. The summed E-state index contributed by atoms with van der Waals surface area (Å²) in [4.78, 5) is 12.0. The molecule has 1 N–H and O–H groups in total. The van der Waals surface area contributed by atoms with E-state index in [1.165, 1.54) is 0 Å². The molecule has 1 fully saturated rings. The minimum absolute atomic E-state index is 0.512. The Kier molecular flexibility index (Phi) is 3.34. The van der Waals surface area contributed by atoms with Crippen molar-refractivity contribution in [2.75, 3.05) is 38.7 Å². The first kappa shape index (κ1) is 12.1. The summed E-state index contributed by atoms with van der Waals surface area (Å²) in [7, 11) is 2.13. The van der Waals surface area contributed by atoms with Gasteiger partial charge < -0.3 is 4.90 Å². The van der Waals surface area contributed by atoms with Gasteiger partial charge in [0.15, 0.2) is 0 Å². The minimum atomic E-state index is 0.512. The maximum Gasteiger partial charge on any atom is 0.240 e. The van der Waals surface area contributed by atoms with Crippen molar-refractivity contribution in [3.63, 3.8) is 0 Å². The van der Waals surface area contributed by atoms with Crippen LogP contribution in [0.5, 0.6) is 0 Å². The van der Waals surface area contributed by atoms with Gasteiger partial charge in [-0.3, -0.25) is 5.43 Å². The van der Waals surface area contributed by atoms with Gasteiger partial charge in [0, 0.05) is 31.6 Å². The van der Waals surface area contributed by atoms with E-state index in [0.717, 1.165) is 36.4 Å². The lowest BCUT2D eigenvalue weighted by Crippen LogP contribution is -2.47. The zero-order valence-corrected chi connectivity index (χ0v) is 11.6. The predicted molar refractivity (Wildman–Crippen MR) is 75.1 cm³/mol. The molecular weight excluding hydrogens is 270 g/mol. The van der Waals surface area contributed by atoms with E-state index in [1.54, 1.807) is 11.3 Å². The molecule has 1 saturated heterocycles. The molecule has 0 saturated carbocycles. The lowest BCUT2D eigenvalue weighted by Gasteiger charge is -2.32. The molecule has 2 aromatic rings. The second-order valence-corrected chi connectivity index (χ2v) is 5.63. The number of piperazine rings is 1. The van der Waals surface area contributed by atoms with Gasteiger partial charge in [-0.2, -0.15) is 4.98 Å². The minimum Gasteiger partial charge on any atom is -0.304 e. The quantitative estimate of drug-likeness (QED) is 0.853. The van der Waals surface area contributed by atoms with Gasteiger partial charge in [-0.25, -0.2) is 9.99 Å². The summed E-state index contributed by atoms with van der Waals surface area (Å²) in [6.07, 6.45) is 0. The summed E-state index contributed by atoms with van der Waals surface area (Å²) >= 11 is 7.71. The van der Waals surface area contributed by atoms with Crippen LogP contribution in [0.4, 0.5) is 5.95 Å². The number of hydrogen-bond acceptors (Lipinski definition) is 6. The van der Waals surface area contributed by atoms with E-state index < -0.39 is 0 Å². The Labute approximate surface area is 114 Å². The summed E-state index contributed by atoms with van der Waals surface area (Å²) in [5.41, 5.74) is 3.23. The largest absolute Gasteiger partial charge is 0.304 e. The Hall–Kier alpha value is -0.950. The number of halogens is 1. The molecule has 3 rings (SSSR count). The van der Waals surface area contributed by atoms with E-state index in [4.69, 9.17) is 11.6 Å². The van der Waals surface area contributed by atoms with Crippen molar-refractivity contribution < 1.29 is 0 Å². The van der Waals surface area contributed by atoms with Crippen LogP contribution in [0.1, 0.15) is 0 Å². The normalized spacial score (nSPS) is 18.3. The molecule has 0 unspecified atom stereocenters. The number of nitrogens with one attached hydrogen (secondary N) is 1. The molecule has 7 heteroatoms. The molecule has 3 heterocycles. The standard InChI is InChI=1S/C11H14ClN5S/c1-16-3-5-17(6-4-16)15-11-13-9(12)8-2-7-18-10(8)14-11/h2,7H,3-6H2,1H3,(H,13,14,15). The van der Waals surface area contributed by atoms with Crippen LogP contribution in [-0.4, -0.2) is 53.1 Å². The molecule has 0 bridgehead atoms. The first-order valence-electron chi connectivity index (χ1n) is 5.83. The summed E-state index contributed by atoms with van der Waals surface area (Å²) < 4.78 is 0. The number of nitrogens with zero attached hydrogens (tertiary/aromatic N) is 4. The monoisotopic (exact) mass is 283 g/mol. The average Bonchev–Trinajstić information content (AvgIpc) is 2.81. The Morgan fingerprint density at radius 2 is 2.06 bits per heavy atom. The molecule has 0 aliphatic carbocycles. The summed E-state index contributed by atoms with van der Waals surface area (Å²) in [5, 5.41) is 5.54. The lowest BCUT2D eigenvalue weighted by atomic mass is 10.4. The van der Waals surface area contributed by atoms with Crippen LogP contribution in [0.2, 0.25) is 5.15 Å². The molecule has 0 radical (unpaired) electrons. The highest BCUT2D eigenvalue weighted by atomic mass is 35.5. The van der Waals surface area contributed by atoms with Crippen LogP contribution in [0.15, 0.2) is 11.4 Å². The van der Waals surface area contributed by atoms with Crippen LogP contribution in [-0.2, 0) is 0 Å². The molecule has 0 aromatic carbocycles. The zero-order chi connectivity index (χ0) is 12.5.